The number of nitrogens with zero attached hydrogens (tertiary/aromatic N) is 2. The fourth-order valence-electron chi connectivity index (χ4n) is 1.85. The number of hydrogen-bond acceptors (Lipinski definition) is 5. The highest BCUT2D eigenvalue weighted by atomic mass is 16.1. The van der Waals surface area contributed by atoms with E-state index in [-0.39, 0.29) is 24.5 Å². The molecule has 0 aliphatic rings. The highest BCUT2D eigenvalue weighted by Gasteiger charge is 2.15. The Morgan fingerprint density at radius 1 is 1.35 bits per heavy atom. The molecule has 7 heteroatoms. The smallest absolute Gasteiger partial charge is 0.290 e. The van der Waals surface area contributed by atoms with E-state index >= 15 is 0 Å². The van der Waals surface area contributed by atoms with Crippen LogP contribution in [0.3, 0.4) is 0 Å². The van der Waals surface area contributed by atoms with Gasteiger partial charge in [-0.1, -0.05) is 18.2 Å². The van der Waals surface area contributed by atoms with Gasteiger partial charge in [-0.05, 0) is 11.6 Å². The van der Waals surface area contributed by atoms with Gasteiger partial charge in [-0.15, -0.1) is 0 Å². The molecule has 0 unspecified atom stereocenters. The van der Waals surface area contributed by atoms with Crippen molar-refractivity contribution >= 4 is 17.4 Å². The van der Waals surface area contributed by atoms with Crippen molar-refractivity contribution in [2.75, 3.05) is 17.2 Å². The number of rotatable bonds is 5. The van der Waals surface area contributed by atoms with Gasteiger partial charge in [0.05, 0.1) is 6.54 Å². The molecule has 104 valence electrons. The van der Waals surface area contributed by atoms with E-state index in [2.05, 4.69) is 9.97 Å². The molecule has 2 rings (SSSR count). The van der Waals surface area contributed by atoms with Gasteiger partial charge in [0.2, 0.25) is 5.91 Å². The standard InChI is InChI=1S/C13H15N5O2/c14-10-4-2-1-3-9(10)7-18(8-11(15)19)12-13(20)17-6-5-16-12/h1-6H,7-8,14H2,(H2,15,19)(H,17,20). The van der Waals surface area contributed by atoms with Crippen molar-refractivity contribution in [1.82, 2.24) is 9.97 Å². The van der Waals surface area contributed by atoms with Crippen molar-refractivity contribution in [3.05, 3.63) is 52.6 Å². The Bertz CT molecular complexity index is 668. The number of anilines is 2. The zero-order chi connectivity index (χ0) is 14.5. The Labute approximate surface area is 115 Å². The maximum absolute atomic E-state index is 11.8. The molecule has 0 aliphatic heterocycles. The Kier molecular flexibility index (Phi) is 3.99. The first-order valence-corrected chi connectivity index (χ1v) is 5.98. The number of carbonyl (C=O) groups is 1. The van der Waals surface area contributed by atoms with Gasteiger partial charge in [-0.2, -0.15) is 0 Å². The van der Waals surface area contributed by atoms with Crippen LogP contribution >= 0.6 is 0 Å². The first kappa shape index (κ1) is 13.6. The van der Waals surface area contributed by atoms with Crippen LogP contribution < -0.4 is 21.9 Å². The van der Waals surface area contributed by atoms with E-state index in [1.54, 1.807) is 6.07 Å². The van der Waals surface area contributed by atoms with Crippen LogP contribution in [0.2, 0.25) is 0 Å². The molecule has 0 saturated heterocycles. The molecule has 0 spiro atoms. The number of amides is 1. The Morgan fingerprint density at radius 2 is 2.10 bits per heavy atom. The fourth-order valence-corrected chi connectivity index (χ4v) is 1.85. The largest absolute Gasteiger partial charge is 0.398 e. The van der Waals surface area contributed by atoms with Gasteiger partial charge in [0.1, 0.15) is 0 Å². The normalized spacial score (nSPS) is 10.2. The second-order valence-electron chi connectivity index (χ2n) is 4.26. The summed E-state index contributed by atoms with van der Waals surface area (Å²) in [5.74, 6) is -0.417. The minimum absolute atomic E-state index is 0.117. The fraction of sp³-hybridized carbons (Fsp3) is 0.154. The number of carbonyl (C=O) groups excluding carboxylic acids is 1. The monoisotopic (exact) mass is 273 g/mol. The van der Waals surface area contributed by atoms with Crippen molar-refractivity contribution in [3.63, 3.8) is 0 Å². The van der Waals surface area contributed by atoms with Crippen LogP contribution in [0.4, 0.5) is 11.5 Å². The number of hydrogen-bond donors (Lipinski definition) is 3. The average Bonchev–Trinajstić information content (AvgIpc) is 2.40. The summed E-state index contributed by atoms with van der Waals surface area (Å²) >= 11 is 0. The summed E-state index contributed by atoms with van der Waals surface area (Å²) in [6.07, 6.45) is 2.87. The lowest BCUT2D eigenvalue weighted by atomic mass is 10.1. The van der Waals surface area contributed by atoms with Crippen LogP contribution in [-0.2, 0) is 11.3 Å². The van der Waals surface area contributed by atoms with Crippen molar-refractivity contribution in [3.8, 4) is 0 Å². The number of benzene rings is 1. The molecule has 20 heavy (non-hydrogen) atoms. The van der Waals surface area contributed by atoms with Crippen molar-refractivity contribution < 1.29 is 4.79 Å². The maximum Gasteiger partial charge on any atom is 0.290 e. The predicted molar refractivity (Wildman–Crippen MR) is 76.0 cm³/mol. The minimum Gasteiger partial charge on any atom is -0.398 e. The van der Waals surface area contributed by atoms with Crippen LogP contribution in [0.15, 0.2) is 41.5 Å². The number of primary amides is 1. The van der Waals surface area contributed by atoms with E-state index in [4.69, 9.17) is 11.5 Å². The molecule has 0 saturated carbocycles. The van der Waals surface area contributed by atoms with Gasteiger partial charge in [0, 0.05) is 24.6 Å². The quantitative estimate of drug-likeness (QED) is 0.654. The molecule has 2 aromatic rings. The van der Waals surface area contributed by atoms with Crippen LogP contribution in [0.1, 0.15) is 5.56 Å². The molecule has 1 aromatic heterocycles. The van der Waals surface area contributed by atoms with Crippen molar-refractivity contribution in [1.29, 1.82) is 0 Å². The summed E-state index contributed by atoms with van der Waals surface area (Å²) < 4.78 is 0. The van der Waals surface area contributed by atoms with Crippen LogP contribution in [0.25, 0.3) is 0 Å². The topological polar surface area (TPSA) is 118 Å². The van der Waals surface area contributed by atoms with Crippen LogP contribution in [-0.4, -0.2) is 22.4 Å². The summed E-state index contributed by atoms with van der Waals surface area (Å²) in [4.78, 5) is 30.9. The van der Waals surface area contributed by atoms with E-state index in [1.165, 1.54) is 17.3 Å². The van der Waals surface area contributed by atoms with Gasteiger partial charge >= 0.3 is 0 Å². The van der Waals surface area contributed by atoms with E-state index in [0.29, 0.717) is 5.69 Å². The molecule has 1 amide bonds. The SMILES string of the molecule is NC(=O)CN(Cc1ccccc1N)c1ncc[nH]c1=O. The van der Waals surface area contributed by atoms with Gasteiger partial charge in [0.15, 0.2) is 5.82 Å². The number of H-pyrrole nitrogens is 1. The predicted octanol–water partition coefficient (Wildman–Crippen LogP) is -0.156. The van der Waals surface area contributed by atoms with E-state index in [1.807, 2.05) is 18.2 Å². The van der Waals surface area contributed by atoms with Crippen molar-refractivity contribution in [2.24, 2.45) is 5.73 Å². The minimum atomic E-state index is -0.551. The lowest BCUT2D eigenvalue weighted by Crippen LogP contribution is -2.37. The lowest BCUT2D eigenvalue weighted by molar-refractivity contribution is -0.116. The third-order valence-electron chi connectivity index (χ3n) is 2.75. The lowest BCUT2D eigenvalue weighted by Gasteiger charge is -2.21. The summed E-state index contributed by atoms with van der Waals surface area (Å²) in [6.45, 7) is 0.157. The number of para-hydroxylation sites is 1. The third kappa shape index (κ3) is 3.14. The first-order chi connectivity index (χ1) is 9.58. The Morgan fingerprint density at radius 3 is 2.75 bits per heavy atom. The number of nitrogen functional groups attached to an aromatic ring is 1. The van der Waals surface area contributed by atoms with Crippen LogP contribution in [0, 0.1) is 0 Å². The van der Waals surface area contributed by atoms with Gasteiger partial charge in [0.25, 0.3) is 5.56 Å². The van der Waals surface area contributed by atoms with E-state index in [9.17, 15) is 9.59 Å². The van der Waals surface area contributed by atoms with Crippen LogP contribution in [0.5, 0.6) is 0 Å². The summed E-state index contributed by atoms with van der Waals surface area (Å²) in [6, 6.07) is 7.21. The summed E-state index contributed by atoms with van der Waals surface area (Å²) in [5, 5.41) is 0. The molecular formula is C13H15N5O2. The summed E-state index contributed by atoms with van der Waals surface area (Å²) in [7, 11) is 0. The molecule has 0 fully saturated rings. The molecule has 5 N–H and O–H groups in total. The number of nitrogens with one attached hydrogen (secondary N) is 1. The zero-order valence-corrected chi connectivity index (χ0v) is 10.7. The Balaban J connectivity index is 2.34. The number of aromatic nitrogens is 2. The van der Waals surface area contributed by atoms with Gasteiger partial charge in [-0.3, -0.25) is 9.59 Å². The second-order valence-corrected chi connectivity index (χ2v) is 4.26. The molecule has 1 aromatic carbocycles. The second kappa shape index (κ2) is 5.87. The highest BCUT2D eigenvalue weighted by Crippen LogP contribution is 2.15. The summed E-state index contributed by atoms with van der Waals surface area (Å²) in [5.41, 5.74) is 12.1. The molecule has 1 heterocycles. The zero-order valence-electron chi connectivity index (χ0n) is 10.7. The maximum atomic E-state index is 11.8. The third-order valence-corrected chi connectivity index (χ3v) is 2.75. The molecular weight excluding hydrogens is 258 g/mol. The highest BCUT2D eigenvalue weighted by molar-refractivity contribution is 5.79. The molecule has 0 aliphatic carbocycles. The first-order valence-electron chi connectivity index (χ1n) is 5.98. The number of nitrogens with two attached hydrogens (primary N) is 2. The molecule has 0 bridgehead atoms. The van der Waals surface area contributed by atoms with E-state index in [0.717, 1.165) is 5.56 Å². The Hall–Kier alpha value is -2.83. The molecule has 7 nitrogen and oxygen atoms in total. The molecule has 0 radical (unpaired) electrons. The van der Waals surface area contributed by atoms with Crippen molar-refractivity contribution in [2.45, 2.75) is 6.54 Å². The molecule has 0 atom stereocenters. The van der Waals surface area contributed by atoms with Gasteiger partial charge in [-0.25, -0.2) is 4.98 Å². The number of aromatic amines is 1. The average molecular weight is 273 g/mol. The van der Waals surface area contributed by atoms with Gasteiger partial charge < -0.3 is 21.4 Å². The van der Waals surface area contributed by atoms with E-state index < -0.39 is 5.91 Å².